The molecule has 2 aliphatic heterocycles. The molecule has 0 bridgehead atoms. The van der Waals surface area contributed by atoms with Gasteiger partial charge in [0.2, 0.25) is 11.8 Å². The van der Waals surface area contributed by atoms with Crippen LogP contribution in [0, 0.1) is 11.3 Å². The third-order valence-corrected chi connectivity index (χ3v) is 5.33. The summed E-state index contributed by atoms with van der Waals surface area (Å²) < 4.78 is 0. The van der Waals surface area contributed by atoms with Crippen molar-refractivity contribution in [2.24, 2.45) is 11.3 Å². The lowest BCUT2D eigenvalue weighted by Crippen LogP contribution is -2.54. The van der Waals surface area contributed by atoms with Crippen molar-refractivity contribution in [1.29, 1.82) is 0 Å². The Balaban J connectivity index is 1.81. The fraction of sp³-hybridized carbons (Fsp3) is 0.889. The first kappa shape index (κ1) is 19.2. The van der Waals surface area contributed by atoms with E-state index in [4.69, 9.17) is 0 Å². The SMILES string of the molecule is CC(=O)N1CCCC(C(=O)N2CCN(CC(O)C(C)(C)C)CC2)C1. The van der Waals surface area contributed by atoms with E-state index in [9.17, 15) is 14.7 Å². The van der Waals surface area contributed by atoms with Gasteiger partial charge >= 0.3 is 0 Å². The molecule has 0 aromatic heterocycles. The van der Waals surface area contributed by atoms with Crippen LogP contribution in [-0.2, 0) is 9.59 Å². The van der Waals surface area contributed by atoms with Crippen LogP contribution in [0.2, 0.25) is 0 Å². The number of amides is 2. The first-order valence-electron chi connectivity index (χ1n) is 9.13. The summed E-state index contributed by atoms with van der Waals surface area (Å²) in [5.41, 5.74) is -0.120. The molecule has 0 aliphatic carbocycles. The average Bonchev–Trinajstić information content (AvgIpc) is 2.54. The van der Waals surface area contributed by atoms with Crippen molar-refractivity contribution >= 4 is 11.8 Å². The van der Waals surface area contributed by atoms with Gasteiger partial charge in [0.15, 0.2) is 0 Å². The minimum Gasteiger partial charge on any atom is -0.391 e. The number of aliphatic hydroxyl groups is 1. The van der Waals surface area contributed by atoms with Crippen LogP contribution < -0.4 is 0 Å². The molecule has 2 fully saturated rings. The van der Waals surface area contributed by atoms with E-state index >= 15 is 0 Å². The maximum atomic E-state index is 12.7. The predicted octanol–water partition coefficient (Wildman–Crippen LogP) is 0.796. The highest BCUT2D eigenvalue weighted by Crippen LogP contribution is 2.22. The van der Waals surface area contributed by atoms with Crippen molar-refractivity contribution in [1.82, 2.24) is 14.7 Å². The number of carbonyl (C=O) groups excluding carboxylic acids is 2. The Bertz CT molecular complexity index is 453. The lowest BCUT2D eigenvalue weighted by atomic mass is 9.89. The minimum absolute atomic E-state index is 0.0469. The van der Waals surface area contributed by atoms with Gasteiger partial charge in [-0.25, -0.2) is 0 Å². The Morgan fingerprint density at radius 2 is 1.71 bits per heavy atom. The smallest absolute Gasteiger partial charge is 0.227 e. The Hall–Kier alpha value is -1.14. The van der Waals surface area contributed by atoms with E-state index in [1.165, 1.54) is 0 Å². The van der Waals surface area contributed by atoms with Crippen LogP contribution in [0.15, 0.2) is 0 Å². The molecule has 6 nitrogen and oxygen atoms in total. The van der Waals surface area contributed by atoms with Gasteiger partial charge in [-0.2, -0.15) is 0 Å². The van der Waals surface area contributed by atoms with Crippen LogP contribution in [0.5, 0.6) is 0 Å². The normalized spacial score (nSPS) is 24.8. The van der Waals surface area contributed by atoms with E-state index in [0.29, 0.717) is 26.2 Å². The Labute approximate surface area is 145 Å². The first-order valence-corrected chi connectivity index (χ1v) is 9.13. The highest BCUT2D eigenvalue weighted by atomic mass is 16.3. The molecule has 138 valence electrons. The van der Waals surface area contributed by atoms with E-state index in [1.807, 2.05) is 25.7 Å². The van der Waals surface area contributed by atoms with Crippen molar-refractivity contribution in [3.8, 4) is 0 Å². The lowest BCUT2D eigenvalue weighted by Gasteiger charge is -2.40. The number of likely N-dealkylation sites (tertiary alicyclic amines) is 1. The minimum atomic E-state index is -0.359. The molecule has 0 radical (unpaired) electrons. The van der Waals surface area contributed by atoms with Crippen molar-refractivity contribution < 1.29 is 14.7 Å². The van der Waals surface area contributed by atoms with E-state index < -0.39 is 0 Å². The Kier molecular flexibility index (Phi) is 6.26. The first-order chi connectivity index (χ1) is 11.2. The van der Waals surface area contributed by atoms with Crippen molar-refractivity contribution in [3.63, 3.8) is 0 Å². The summed E-state index contributed by atoms with van der Waals surface area (Å²) in [5, 5.41) is 10.2. The molecule has 2 aliphatic rings. The van der Waals surface area contributed by atoms with Crippen LogP contribution in [-0.4, -0.2) is 83.5 Å². The maximum Gasteiger partial charge on any atom is 0.227 e. The third kappa shape index (κ3) is 4.93. The molecular weight excluding hydrogens is 306 g/mol. The summed E-state index contributed by atoms with van der Waals surface area (Å²) >= 11 is 0. The van der Waals surface area contributed by atoms with Crippen LogP contribution >= 0.6 is 0 Å². The summed E-state index contributed by atoms with van der Waals surface area (Å²) in [6.07, 6.45) is 1.43. The fourth-order valence-corrected chi connectivity index (χ4v) is 3.39. The topological polar surface area (TPSA) is 64.1 Å². The lowest BCUT2D eigenvalue weighted by molar-refractivity contribution is -0.141. The van der Waals surface area contributed by atoms with Crippen LogP contribution in [0.25, 0.3) is 0 Å². The van der Waals surface area contributed by atoms with E-state index in [2.05, 4.69) is 4.90 Å². The number of piperidine rings is 1. The van der Waals surface area contributed by atoms with Crippen molar-refractivity contribution in [2.45, 2.75) is 46.6 Å². The van der Waals surface area contributed by atoms with Gasteiger partial charge in [-0.1, -0.05) is 20.8 Å². The Morgan fingerprint density at radius 3 is 2.25 bits per heavy atom. The maximum absolute atomic E-state index is 12.7. The van der Waals surface area contributed by atoms with Gasteiger partial charge in [-0.3, -0.25) is 14.5 Å². The molecule has 2 heterocycles. The summed E-state index contributed by atoms with van der Waals surface area (Å²) in [5.74, 6) is 0.208. The van der Waals surface area contributed by atoms with Crippen LogP contribution in [0.3, 0.4) is 0 Å². The number of hydrogen-bond donors (Lipinski definition) is 1. The molecule has 2 saturated heterocycles. The molecule has 1 N–H and O–H groups in total. The second-order valence-electron chi connectivity index (χ2n) is 8.31. The standard InChI is InChI=1S/C18H33N3O3/c1-14(22)21-7-5-6-15(12-21)17(24)20-10-8-19(9-11-20)13-16(23)18(2,3)4/h15-16,23H,5-13H2,1-4H3. The van der Waals surface area contributed by atoms with E-state index in [1.54, 1.807) is 11.8 Å². The van der Waals surface area contributed by atoms with Gasteiger partial charge in [0, 0.05) is 52.7 Å². The molecule has 0 saturated carbocycles. The van der Waals surface area contributed by atoms with Gasteiger partial charge in [0.25, 0.3) is 0 Å². The zero-order valence-corrected chi connectivity index (χ0v) is 15.6. The second-order valence-corrected chi connectivity index (χ2v) is 8.31. The molecule has 2 unspecified atom stereocenters. The number of rotatable bonds is 3. The number of carbonyl (C=O) groups is 2. The monoisotopic (exact) mass is 339 g/mol. The van der Waals surface area contributed by atoms with Crippen LogP contribution in [0.4, 0.5) is 0 Å². The summed E-state index contributed by atoms with van der Waals surface area (Å²) in [6.45, 7) is 12.8. The molecule has 0 spiro atoms. The van der Waals surface area contributed by atoms with E-state index in [0.717, 1.165) is 32.5 Å². The summed E-state index contributed by atoms with van der Waals surface area (Å²) in [7, 11) is 0. The molecule has 6 heteroatoms. The molecule has 2 rings (SSSR count). The molecule has 0 aromatic rings. The zero-order chi connectivity index (χ0) is 17.9. The summed E-state index contributed by atoms with van der Waals surface area (Å²) in [6, 6.07) is 0. The largest absolute Gasteiger partial charge is 0.391 e. The number of β-amino-alcohol motifs (C(OH)–C–C–N with tert-alkyl or cyclic N) is 1. The molecular formula is C18H33N3O3. The van der Waals surface area contributed by atoms with Crippen molar-refractivity contribution in [3.05, 3.63) is 0 Å². The van der Waals surface area contributed by atoms with Crippen molar-refractivity contribution in [2.75, 3.05) is 45.8 Å². The van der Waals surface area contributed by atoms with Gasteiger partial charge in [-0.05, 0) is 18.3 Å². The molecule has 2 amide bonds. The quantitative estimate of drug-likeness (QED) is 0.826. The highest BCUT2D eigenvalue weighted by molar-refractivity contribution is 5.81. The Morgan fingerprint density at radius 1 is 1.08 bits per heavy atom. The second kappa shape index (κ2) is 7.83. The molecule has 0 aromatic carbocycles. The number of nitrogens with zero attached hydrogens (tertiary/aromatic N) is 3. The highest BCUT2D eigenvalue weighted by Gasteiger charge is 2.32. The van der Waals surface area contributed by atoms with E-state index in [-0.39, 0.29) is 29.3 Å². The average molecular weight is 339 g/mol. The van der Waals surface area contributed by atoms with Crippen LogP contribution in [0.1, 0.15) is 40.5 Å². The van der Waals surface area contributed by atoms with Gasteiger partial charge in [-0.15, -0.1) is 0 Å². The molecule has 2 atom stereocenters. The number of hydrogen-bond acceptors (Lipinski definition) is 4. The number of aliphatic hydroxyl groups excluding tert-OH is 1. The zero-order valence-electron chi connectivity index (χ0n) is 15.6. The van der Waals surface area contributed by atoms with Gasteiger partial charge in [0.05, 0.1) is 12.0 Å². The number of piperazine rings is 1. The van der Waals surface area contributed by atoms with Gasteiger partial charge < -0.3 is 14.9 Å². The summed E-state index contributed by atoms with van der Waals surface area (Å²) in [4.78, 5) is 30.2. The molecule has 24 heavy (non-hydrogen) atoms. The fourth-order valence-electron chi connectivity index (χ4n) is 3.39. The third-order valence-electron chi connectivity index (χ3n) is 5.33. The predicted molar refractivity (Wildman–Crippen MR) is 93.5 cm³/mol. The van der Waals surface area contributed by atoms with Gasteiger partial charge in [0.1, 0.15) is 0 Å².